The Morgan fingerprint density at radius 3 is 1.07 bits per heavy atom. The van der Waals surface area contributed by atoms with Gasteiger partial charge in [-0.1, -0.05) is 282 Å². The van der Waals surface area contributed by atoms with Gasteiger partial charge >= 0.3 is 0 Å². The number of aliphatic hydroxyl groups is 1. The van der Waals surface area contributed by atoms with E-state index in [2.05, 4.69) is 140 Å². The van der Waals surface area contributed by atoms with Crippen LogP contribution in [0.1, 0.15) is 305 Å². The van der Waals surface area contributed by atoms with Crippen molar-refractivity contribution in [1.82, 2.24) is 0 Å². The highest BCUT2D eigenvalue weighted by Gasteiger charge is 2.19. The Morgan fingerprint density at radius 1 is 0.370 bits per heavy atom. The van der Waals surface area contributed by atoms with E-state index in [1.807, 2.05) is 67.5 Å². The van der Waals surface area contributed by atoms with Crippen molar-refractivity contribution in [3.8, 4) is 17.2 Å². The normalized spacial score (nSPS) is 15.9. The summed E-state index contributed by atoms with van der Waals surface area (Å²) in [6, 6.07) is 34.5. The van der Waals surface area contributed by atoms with Crippen molar-refractivity contribution in [1.29, 1.82) is 0 Å². The molecule has 4 saturated carbocycles. The summed E-state index contributed by atoms with van der Waals surface area (Å²) >= 11 is 0. The summed E-state index contributed by atoms with van der Waals surface area (Å²) in [5.74, 6) is 7.64. The average Bonchev–Trinajstić information content (AvgIpc) is 3.52. The molecule has 0 bridgehead atoms. The molecule has 0 aromatic heterocycles. The van der Waals surface area contributed by atoms with E-state index >= 15 is 0 Å². The number of aliphatic hydroxyl groups excluding tert-OH is 1. The molecule has 5 nitrogen and oxygen atoms in total. The lowest BCUT2D eigenvalue weighted by Gasteiger charge is -2.24. The standard InChI is InChI=1S/C18H28O2.C17H26O2.C16H24O.C16H24.4C2H6.CH4/c1-14(2)16-8-10-18(11-9-16)20-13-17(19)12-15-6-4-3-5-7-15;1-14(2)15-8-10-17(11-9-15)19-13-12-18-16-6-4-3-5-7-16;1-13(2)15-8-10-16(11-9-15)17-12-14-6-4-3-5-7-14;1-13(2)16-10-8-15(9-11-16)12-14-6-4-3-5-7-14;4*1-2;/h8-11,14-15,17,19H,3-7,12-13H2,1-2H3;8-11,14,16H,3-7,12-13H2,1-2H3;8-11,13-14H,3-7,12H2,1-2H3;8-11,13-14H,3-7,12H2,1-2H3;4*1-2H3;1H4. The van der Waals surface area contributed by atoms with Gasteiger partial charge in [0.05, 0.1) is 25.4 Å². The topological polar surface area (TPSA) is 57.2 Å². The zero-order valence-corrected chi connectivity index (χ0v) is 54.9. The van der Waals surface area contributed by atoms with Crippen molar-refractivity contribution in [2.75, 3.05) is 26.4 Å². The van der Waals surface area contributed by atoms with Crippen LogP contribution < -0.4 is 14.2 Å². The van der Waals surface area contributed by atoms with Crippen molar-refractivity contribution in [2.24, 2.45) is 17.8 Å². The molecular formula is C76H130O5. The molecule has 81 heavy (non-hydrogen) atoms. The highest BCUT2D eigenvalue weighted by molar-refractivity contribution is 5.31. The lowest BCUT2D eigenvalue weighted by atomic mass is 9.84. The van der Waals surface area contributed by atoms with Crippen LogP contribution >= 0.6 is 0 Å². The SMILES string of the molecule is C.CC.CC.CC.CC.CC(C)c1ccc(CC2CCCCC2)cc1.CC(C)c1ccc(OCC(O)CC2CCCCC2)cc1.CC(C)c1ccc(OCC2CCCCC2)cc1.CC(C)c1ccc(OCCOC2CCCCC2)cc1. The maximum Gasteiger partial charge on any atom is 0.119 e. The second kappa shape index (κ2) is 49.6. The van der Waals surface area contributed by atoms with Crippen LogP contribution in [0.5, 0.6) is 17.2 Å². The third kappa shape index (κ3) is 35.2. The molecule has 1 N–H and O–H groups in total. The van der Waals surface area contributed by atoms with Crippen molar-refractivity contribution in [2.45, 2.75) is 295 Å². The number of rotatable bonds is 19. The smallest absolute Gasteiger partial charge is 0.119 e. The van der Waals surface area contributed by atoms with Gasteiger partial charge in [0.2, 0.25) is 0 Å². The van der Waals surface area contributed by atoms with Gasteiger partial charge in [0, 0.05) is 0 Å². The largest absolute Gasteiger partial charge is 0.493 e. The highest BCUT2D eigenvalue weighted by Crippen LogP contribution is 2.30. The summed E-state index contributed by atoms with van der Waals surface area (Å²) in [6.45, 7) is 36.4. The molecule has 4 aromatic rings. The van der Waals surface area contributed by atoms with Gasteiger partial charge < -0.3 is 24.1 Å². The third-order valence-electron chi connectivity index (χ3n) is 15.8. The molecule has 4 aliphatic rings. The van der Waals surface area contributed by atoms with Crippen LogP contribution in [0.25, 0.3) is 0 Å². The Bertz CT molecular complexity index is 1930. The summed E-state index contributed by atoms with van der Waals surface area (Å²) in [7, 11) is 0. The van der Waals surface area contributed by atoms with E-state index < -0.39 is 0 Å². The molecule has 0 aliphatic heterocycles. The molecule has 0 amide bonds. The van der Waals surface area contributed by atoms with Gasteiger partial charge in [0.25, 0.3) is 0 Å². The fourth-order valence-electron chi connectivity index (χ4n) is 10.9. The Hall–Kier alpha value is -3.80. The molecule has 464 valence electrons. The molecule has 4 aliphatic carbocycles. The third-order valence-corrected chi connectivity index (χ3v) is 15.8. The van der Waals surface area contributed by atoms with E-state index in [4.69, 9.17) is 18.9 Å². The first kappa shape index (κ1) is 77.2. The monoisotopic (exact) mass is 1120 g/mol. The first-order valence-electron chi connectivity index (χ1n) is 33.5. The van der Waals surface area contributed by atoms with Crippen LogP contribution in [0.4, 0.5) is 0 Å². The van der Waals surface area contributed by atoms with Crippen LogP contribution in [0.3, 0.4) is 0 Å². The Balaban J connectivity index is 0.00000101. The molecule has 0 saturated heterocycles. The van der Waals surface area contributed by atoms with E-state index in [9.17, 15) is 5.11 Å². The molecular weight excluding hydrogens is 993 g/mol. The Kier molecular flexibility index (Phi) is 47.3. The number of ether oxygens (including phenoxy) is 4. The van der Waals surface area contributed by atoms with Crippen LogP contribution in [0, 0.1) is 17.8 Å². The van der Waals surface area contributed by atoms with Crippen molar-refractivity contribution < 1.29 is 24.1 Å². The average molecular weight is 1120 g/mol. The molecule has 0 heterocycles. The van der Waals surface area contributed by atoms with Crippen molar-refractivity contribution in [3.63, 3.8) is 0 Å². The van der Waals surface area contributed by atoms with Crippen LogP contribution in [0.15, 0.2) is 97.1 Å². The van der Waals surface area contributed by atoms with E-state index in [1.54, 1.807) is 0 Å². The summed E-state index contributed by atoms with van der Waals surface area (Å²) < 4.78 is 23.1. The zero-order chi connectivity index (χ0) is 59.3. The van der Waals surface area contributed by atoms with Gasteiger partial charge in [-0.15, -0.1) is 0 Å². The molecule has 1 atom stereocenters. The molecule has 1 unspecified atom stereocenters. The molecule has 8 rings (SSSR count). The minimum Gasteiger partial charge on any atom is -0.493 e. The van der Waals surface area contributed by atoms with Gasteiger partial charge in [-0.25, -0.2) is 0 Å². The second-order valence-electron chi connectivity index (χ2n) is 23.3. The van der Waals surface area contributed by atoms with E-state index in [1.165, 1.54) is 163 Å². The van der Waals surface area contributed by atoms with Crippen molar-refractivity contribution in [3.05, 3.63) is 125 Å². The predicted molar refractivity (Wildman–Crippen MR) is 358 cm³/mol. The summed E-state index contributed by atoms with van der Waals surface area (Å²) in [5.41, 5.74) is 7.06. The maximum absolute atomic E-state index is 10.1. The lowest BCUT2D eigenvalue weighted by Crippen LogP contribution is -2.22. The molecule has 5 heteroatoms. The summed E-state index contributed by atoms with van der Waals surface area (Å²) in [4.78, 5) is 0. The maximum atomic E-state index is 10.1. The number of hydrogen-bond acceptors (Lipinski definition) is 5. The summed E-state index contributed by atoms with van der Waals surface area (Å²) in [5, 5.41) is 10.1. The fourth-order valence-corrected chi connectivity index (χ4v) is 10.9. The van der Waals surface area contributed by atoms with Crippen LogP contribution in [-0.2, 0) is 11.2 Å². The van der Waals surface area contributed by atoms with E-state index in [-0.39, 0.29) is 13.5 Å². The summed E-state index contributed by atoms with van der Waals surface area (Å²) in [6.07, 6.45) is 29.6. The Morgan fingerprint density at radius 2 is 0.691 bits per heavy atom. The van der Waals surface area contributed by atoms with Gasteiger partial charge in [-0.3, -0.25) is 0 Å². The van der Waals surface area contributed by atoms with Gasteiger partial charge in [-0.2, -0.15) is 0 Å². The Labute approximate surface area is 503 Å². The second-order valence-corrected chi connectivity index (χ2v) is 23.3. The van der Waals surface area contributed by atoms with E-state index in [0.29, 0.717) is 55.5 Å². The zero-order valence-electron chi connectivity index (χ0n) is 54.9. The first-order chi connectivity index (χ1) is 38.9. The molecule has 0 spiro atoms. The van der Waals surface area contributed by atoms with Gasteiger partial charge in [0.15, 0.2) is 0 Å². The molecule has 4 aromatic carbocycles. The molecule has 4 fully saturated rings. The highest BCUT2D eigenvalue weighted by atomic mass is 16.5. The van der Waals surface area contributed by atoms with Gasteiger partial charge in [0.1, 0.15) is 30.5 Å². The minimum absolute atomic E-state index is 0. The van der Waals surface area contributed by atoms with E-state index in [0.717, 1.165) is 42.1 Å². The quantitative estimate of drug-likeness (QED) is 0.0948. The minimum atomic E-state index is -0.331. The number of benzene rings is 4. The predicted octanol–water partition coefficient (Wildman–Crippen LogP) is 23.5. The number of hydrogen-bond donors (Lipinski definition) is 1. The van der Waals surface area contributed by atoms with Gasteiger partial charge in [-0.05, 0) is 144 Å². The van der Waals surface area contributed by atoms with Crippen molar-refractivity contribution >= 4 is 0 Å². The molecule has 0 radical (unpaired) electrons. The fraction of sp³-hybridized carbons (Fsp3) is 0.684. The van der Waals surface area contributed by atoms with Crippen LogP contribution in [0.2, 0.25) is 0 Å². The first-order valence-corrected chi connectivity index (χ1v) is 33.5. The lowest BCUT2D eigenvalue weighted by molar-refractivity contribution is 0.0129. The van der Waals surface area contributed by atoms with Crippen LogP contribution in [-0.4, -0.2) is 43.7 Å².